The zero-order valence-electron chi connectivity index (χ0n) is 25.2. The van der Waals surface area contributed by atoms with Gasteiger partial charge in [0.15, 0.2) is 27.1 Å². The summed E-state index contributed by atoms with van der Waals surface area (Å²) in [4.78, 5) is 17.2. The molecule has 3 rings (SSSR count). The Morgan fingerprint density at radius 2 is 1.48 bits per heavy atom. The second kappa shape index (κ2) is 15.2. The van der Waals surface area contributed by atoms with Gasteiger partial charge in [-0.3, -0.25) is 4.79 Å². The number of benzene rings is 2. The number of sulfone groups is 1. The second-order valence-corrected chi connectivity index (χ2v) is 11.1. The van der Waals surface area contributed by atoms with E-state index in [2.05, 4.69) is 10.3 Å². The van der Waals surface area contributed by atoms with Crippen LogP contribution in [0, 0.1) is 0 Å². The molecule has 0 aliphatic rings. The van der Waals surface area contributed by atoms with Crippen molar-refractivity contribution in [1.82, 2.24) is 4.98 Å². The average molecular weight is 649 g/mol. The Morgan fingerprint density at radius 1 is 0.841 bits per heavy atom. The van der Waals surface area contributed by atoms with Crippen molar-refractivity contribution in [1.29, 1.82) is 0 Å². The zero-order valence-corrected chi connectivity index (χ0v) is 26.8. The Bertz CT molecular complexity index is 1650. The van der Waals surface area contributed by atoms with Crippen LogP contribution in [0.2, 0.25) is 5.02 Å². The first-order valence-corrected chi connectivity index (χ1v) is 14.8. The first-order valence-electron chi connectivity index (χ1n) is 12.8. The van der Waals surface area contributed by atoms with Gasteiger partial charge in [0.25, 0.3) is 0 Å². The minimum Gasteiger partial charge on any atom is -0.496 e. The van der Waals surface area contributed by atoms with Gasteiger partial charge in [-0.2, -0.15) is 0 Å². The predicted octanol–water partition coefficient (Wildman–Crippen LogP) is 5.19. The van der Waals surface area contributed by atoms with Crippen molar-refractivity contribution in [2.45, 2.75) is 5.75 Å². The third-order valence-electron chi connectivity index (χ3n) is 6.17. The van der Waals surface area contributed by atoms with Crippen LogP contribution in [0.1, 0.15) is 21.5 Å². The number of anilines is 1. The molecule has 0 saturated heterocycles. The molecule has 1 N–H and O–H groups in total. The number of halogens is 1. The van der Waals surface area contributed by atoms with E-state index in [1.807, 2.05) is 0 Å². The van der Waals surface area contributed by atoms with E-state index in [1.54, 1.807) is 18.2 Å². The van der Waals surface area contributed by atoms with Gasteiger partial charge in [-0.1, -0.05) is 11.6 Å². The monoisotopic (exact) mass is 648 g/mol. The number of allylic oxidation sites excluding steroid dienone is 1. The summed E-state index contributed by atoms with van der Waals surface area (Å²) < 4.78 is 63.3. The fourth-order valence-corrected chi connectivity index (χ4v) is 5.46. The van der Waals surface area contributed by atoms with Crippen molar-refractivity contribution < 1.29 is 46.4 Å². The topological polar surface area (TPSA) is 141 Å². The second-order valence-electron chi connectivity index (χ2n) is 8.80. The number of pyridine rings is 1. The van der Waals surface area contributed by atoms with E-state index in [-0.39, 0.29) is 39.5 Å². The summed E-state index contributed by atoms with van der Waals surface area (Å²) in [6.07, 6.45) is 5.36. The van der Waals surface area contributed by atoms with E-state index in [1.165, 1.54) is 80.4 Å². The van der Waals surface area contributed by atoms with Crippen molar-refractivity contribution in [2.24, 2.45) is 0 Å². The molecular weight excluding hydrogens is 616 g/mol. The van der Waals surface area contributed by atoms with Crippen LogP contribution < -0.4 is 38.5 Å². The van der Waals surface area contributed by atoms with Gasteiger partial charge >= 0.3 is 0 Å². The molecule has 12 nitrogen and oxygen atoms in total. The van der Waals surface area contributed by atoms with Gasteiger partial charge in [0.2, 0.25) is 11.6 Å². The molecule has 2 aromatic carbocycles. The van der Waals surface area contributed by atoms with Crippen molar-refractivity contribution in [2.75, 3.05) is 55.1 Å². The van der Waals surface area contributed by atoms with Crippen molar-refractivity contribution in [3.8, 4) is 40.4 Å². The minimum absolute atomic E-state index is 0.0455. The van der Waals surface area contributed by atoms with Crippen LogP contribution >= 0.6 is 11.6 Å². The van der Waals surface area contributed by atoms with E-state index in [4.69, 9.17) is 44.8 Å². The summed E-state index contributed by atoms with van der Waals surface area (Å²) in [5, 5.41) is 4.02. The Balaban J connectivity index is 1.84. The lowest BCUT2D eigenvalue weighted by Crippen LogP contribution is -2.04. The largest absolute Gasteiger partial charge is 0.496 e. The van der Waals surface area contributed by atoms with Crippen LogP contribution in [0.3, 0.4) is 0 Å². The minimum atomic E-state index is -3.78. The Kier molecular flexibility index (Phi) is 11.7. The Hall–Kier alpha value is -4.62. The maximum Gasteiger partial charge on any atom is 0.237 e. The van der Waals surface area contributed by atoms with E-state index >= 15 is 0 Å². The van der Waals surface area contributed by atoms with Crippen LogP contribution in [-0.4, -0.2) is 69.0 Å². The third-order valence-corrected chi connectivity index (χ3v) is 7.83. The fourth-order valence-electron chi connectivity index (χ4n) is 4.09. The van der Waals surface area contributed by atoms with Gasteiger partial charge in [-0.15, -0.1) is 0 Å². The van der Waals surface area contributed by atoms with Gasteiger partial charge in [0.05, 0.1) is 66.1 Å². The van der Waals surface area contributed by atoms with E-state index in [0.717, 1.165) is 5.41 Å². The molecule has 0 radical (unpaired) electrons. The number of hydrogen-bond donors (Lipinski definition) is 1. The summed E-state index contributed by atoms with van der Waals surface area (Å²) in [5.41, 5.74) is 1.22. The van der Waals surface area contributed by atoms with Gasteiger partial charge in [-0.25, -0.2) is 13.4 Å². The number of ketones is 1. The first-order chi connectivity index (χ1) is 21.1. The van der Waals surface area contributed by atoms with Crippen LogP contribution in [0.15, 0.2) is 48.1 Å². The number of rotatable bonds is 15. The van der Waals surface area contributed by atoms with E-state index in [9.17, 15) is 13.2 Å². The molecule has 0 atom stereocenters. The number of nitrogens with zero attached hydrogens (tertiary/aromatic N) is 1. The van der Waals surface area contributed by atoms with Gasteiger partial charge in [0.1, 0.15) is 22.9 Å². The molecule has 44 heavy (non-hydrogen) atoms. The molecule has 0 aliphatic carbocycles. The number of ether oxygens (including phenoxy) is 7. The predicted molar refractivity (Wildman–Crippen MR) is 167 cm³/mol. The molecule has 0 saturated carbocycles. The maximum absolute atomic E-state index is 13.0. The number of methoxy groups -OCH3 is 7. The fraction of sp³-hybridized carbons (Fsp3) is 0.267. The van der Waals surface area contributed by atoms with Crippen molar-refractivity contribution in [3.05, 3.63) is 69.9 Å². The number of hydrogen-bond acceptors (Lipinski definition) is 12. The molecule has 0 spiro atoms. The van der Waals surface area contributed by atoms with Gasteiger partial charge < -0.3 is 38.5 Å². The quantitative estimate of drug-likeness (QED) is 0.171. The highest BCUT2D eigenvalue weighted by atomic mass is 35.5. The molecule has 0 bridgehead atoms. The SMILES string of the molecule is COc1cc(OC)c(/C=C/S(=O)(=O)Cc2cnc(OC)c(N/C=C\C(=O)c3cc(OC)c(OC)c(OC)c3Cl)c2)c(OC)c1. The molecule has 0 fully saturated rings. The lowest BCUT2D eigenvalue weighted by molar-refractivity contribution is 0.104. The molecule has 1 aromatic heterocycles. The molecule has 14 heteroatoms. The lowest BCUT2D eigenvalue weighted by atomic mass is 10.1. The molecular formula is C30H33ClN2O10S. The molecule has 1 heterocycles. The van der Waals surface area contributed by atoms with E-state index in [0.29, 0.717) is 34.1 Å². The number of carbonyl (C=O) groups excluding carboxylic acids is 1. The maximum atomic E-state index is 13.0. The first kappa shape index (κ1) is 33.9. The normalized spacial score (nSPS) is 11.4. The van der Waals surface area contributed by atoms with Crippen molar-refractivity contribution in [3.63, 3.8) is 0 Å². The highest BCUT2D eigenvalue weighted by Gasteiger charge is 2.22. The number of aromatic nitrogens is 1. The standard InChI is InChI=1S/C30H33ClN2O10S/c1-37-19-13-24(38-2)20(25(14-19)39-3)9-11-44(35,36)17-18-12-22(30(43-7)33-16-18)32-10-8-23(34)21-15-26(40-4)28(41-5)29(42-6)27(21)31/h8-16,32H,17H2,1-7H3/b10-8-,11-9+. The van der Waals surface area contributed by atoms with Crippen LogP contribution in [-0.2, 0) is 15.6 Å². The highest BCUT2D eigenvalue weighted by molar-refractivity contribution is 7.93. The zero-order chi connectivity index (χ0) is 32.4. The molecule has 0 unspecified atom stereocenters. The van der Waals surface area contributed by atoms with Gasteiger partial charge in [0, 0.05) is 41.6 Å². The van der Waals surface area contributed by atoms with Crippen LogP contribution in [0.5, 0.6) is 40.4 Å². The Morgan fingerprint density at radius 3 is 2.02 bits per heavy atom. The number of nitrogens with one attached hydrogen (secondary N) is 1. The summed E-state index contributed by atoms with van der Waals surface area (Å²) in [7, 11) is 6.28. The average Bonchev–Trinajstić information content (AvgIpc) is 3.02. The summed E-state index contributed by atoms with van der Waals surface area (Å²) in [5.74, 6) is 1.23. The van der Waals surface area contributed by atoms with E-state index < -0.39 is 15.6 Å². The molecule has 0 amide bonds. The van der Waals surface area contributed by atoms with Crippen LogP contribution in [0.25, 0.3) is 6.08 Å². The summed E-state index contributed by atoms with van der Waals surface area (Å²) in [6.45, 7) is 0. The highest BCUT2D eigenvalue weighted by Crippen LogP contribution is 2.44. The number of carbonyl (C=O) groups is 1. The van der Waals surface area contributed by atoms with Crippen molar-refractivity contribution >= 4 is 39.0 Å². The third kappa shape index (κ3) is 7.85. The molecule has 236 valence electrons. The molecule has 0 aliphatic heterocycles. The summed E-state index contributed by atoms with van der Waals surface area (Å²) in [6, 6.07) is 6.23. The Labute approximate surface area is 261 Å². The van der Waals surface area contributed by atoms with Crippen LogP contribution in [0.4, 0.5) is 5.69 Å². The van der Waals surface area contributed by atoms with Gasteiger partial charge in [-0.05, 0) is 23.8 Å². The lowest BCUT2D eigenvalue weighted by Gasteiger charge is -2.15. The molecule has 3 aromatic rings. The smallest absolute Gasteiger partial charge is 0.237 e. The summed E-state index contributed by atoms with van der Waals surface area (Å²) >= 11 is 6.41.